The lowest BCUT2D eigenvalue weighted by molar-refractivity contribution is -0.118. The zero-order valence-corrected chi connectivity index (χ0v) is 16.6. The first-order valence-corrected chi connectivity index (χ1v) is 9.55. The largest absolute Gasteiger partial charge is 0.465 e. The van der Waals surface area contributed by atoms with Gasteiger partial charge < -0.3 is 9.64 Å². The summed E-state index contributed by atoms with van der Waals surface area (Å²) in [4.78, 5) is 26.6. The molecule has 0 radical (unpaired) electrons. The number of Topliss-reactive ketones (excluding diaryl/α,β-unsaturated/α-hetero) is 1. The standard InChI is InChI=1S/C24H19N3O3/c1-15(28)22-21(17-7-9-18(10-8-17)23(29)30-2)24(13-25,14-26)20-12-11-16-5-3-4-6-19(16)27(20)22/h3-12,20-22H,1-2H3. The van der Waals surface area contributed by atoms with Gasteiger partial charge in [-0.05, 0) is 36.2 Å². The number of fused-ring (bicyclic) bond motifs is 3. The van der Waals surface area contributed by atoms with Crippen molar-refractivity contribution in [1.29, 1.82) is 10.5 Å². The number of nitrogens with zero attached hydrogens (tertiary/aromatic N) is 3. The zero-order valence-electron chi connectivity index (χ0n) is 16.6. The van der Waals surface area contributed by atoms with E-state index in [9.17, 15) is 20.1 Å². The molecule has 1 fully saturated rings. The molecule has 2 aromatic rings. The summed E-state index contributed by atoms with van der Waals surface area (Å²) in [7, 11) is 1.30. The lowest BCUT2D eigenvalue weighted by Crippen LogP contribution is -2.43. The number of hydrogen-bond acceptors (Lipinski definition) is 6. The van der Waals surface area contributed by atoms with Crippen LogP contribution in [-0.4, -0.2) is 30.9 Å². The van der Waals surface area contributed by atoms with Gasteiger partial charge in [0.15, 0.2) is 11.2 Å². The van der Waals surface area contributed by atoms with E-state index in [1.165, 1.54) is 14.0 Å². The summed E-state index contributed by atoms with van der Waals surface area (Å²) in [5, 5.41) is 20.4. The smallest absolute Gasteiger partial charge is 0.337 e. The molecule has 0 saturated carbocycles. The van der Waals surface area contributed by atoms with Crippen LogP contribution in [-0.2, 0) is 9.53 Å². The number of para-hydroxylation sites is 1. The first-order valence-electron chi connectivity index (χ1n) is 9.55. The fourth-order valence-corrected chi connectivity index (χ4v) is 4.71. The summed E-state index contributed by atoms with van der Waals surface area (Å²) in [6, 6.07) is 17.5. The molecule has 6 nitrogen and oxygen atoms in total. The summed E-state index contributed by atoms with van der Waals surface area (Å²) in [6.07, 6.45) is 3.74. The molecule has 0 bridgehead atoms. The van der Waals surface area contributed by atoms with Crippen LogP contribution in [0.25, 0.3) is 6.08 Å². The Balaban J connectivity index is 1.92. The molecule has 1 saturated heterocycles. The molecule has 2 aliphatic heterocycles. The van der Waals surface area contributed by atoms with Gasteiger partial charge in [0.2, 0.25) is 0 Å². The maximum Gasteiger partial charge on any atom is 0.337 e. The van der Waals surface area contributed by atoms with E-state index in [1.54, 1.807) is 24.3 Å². The predicted octanol–water partition coefficient (Wildman–Crippen LogP) is 3.46. The second kappa shape index (κ2) is 7.17. The first kappa shape index (κ1) is 19.4. The molecule has 0 aliphatic carbocycles. The summed E-state index contributed by atoms with van der Waals surface area (Å²) in [5.74, 6) is -1.28. The van der Waals surface area contributed by atoms with Gasteiger partial charge in [-0.1, -0.05) is 42.5 Å². The van der Waals surface area contributed by atoms with Gasteiger partial charge in [0, 0.05) is 11.6 Å². The number of methoxy groups -OCH3 is 1. The molecule has 6 heteroatoms. The van der Waals surface area contributed by atoms with Gasteiger partial charge in [0.05, 0.1) is 36.9 Å². The van der Waals surface area contributed by atoms with Crippen LogP contribution in [0.2, 0.25) is 0 Å². The van der Waals surface area contributed by atoms with E-state index in [4.69, 9.17) is 4.74 Å². The minimum Gasteiger partial charge on any atom is -0.465 e. The monoisotopic (exact) mass is 397 g/mol. The van der Waals surface area contributed by atoms with Gasteiger partial charge >= 0.3 is 5.97 Å². The van der Waals surface area contributed by atoms with Crippen molar-refractivity contribution in [3.8, 4) is 12.1 Å². The number of anilines is 1. The molecular weight excluding hydrogens is 378 g/mol. The molecule has 3 unspecified atom stereocenters. The fraction of sp³-hybridized carbons (Fsp3) is 0.250. The second-order valence-electron chi connectivity index (χ2n) is 7.51. The molecule has 148 valence electrons. The summed E-state index contributed by atoms with van der Waals surface area (Å²) >= 11 is 0. The molecule has 30 heavy (non-hydrogen) atoms. The Morgan fingerprint density at radius 1 is 1.07 bits per heavy atom. The first-order chi connectivity index (χ1) is 14.5. The Bertz CT molecular complexity index is 1120. The summed E-state index contributed by atoms with van der Waals surface area (Å²) in [6.45, 7) is 1.49. The third-order valence-corrected chi connectivity index (χ3v) is 6.02. The maximum absolute atomic E-state index is 12.9. The third kappa shape index (κ3) is 2.62. The lowest BCUT2D eigenvalue weighted by Gasteiger charge is -2.35. The Morgan fingerprint density at radius 2 is 1.73 bits per heavy atom. The Morgan fingerprint density at radius 3 is 2.33 bits per heavy atom. The van der Waals surface area contributed by atoms with Crippen molar-refractivity contribution in [1.82, 2.24) is 0 Å². The highest BCUT2D eigenvalue weighted by Crippen LogP contribution is 2.55. The molecule has 2 aromatic carbocycles. The molecule has 0 amide bonds. The average Bonchev–Trinajstić information content (AvgIpc) is 3.10. The van der Waals surface area contributed by atoms with Gasteiger partial charge in [-0.3, -0.25) is 4.79 Å². The van der Waals surface area contributed by atoms with Crippen LogP contribution in [0.3, 0.4) is 0 Å². The van der Waals surface area contributed by atoms with E-state index in [-0.39, 0.29) is 5.78 Å². The van der Waals surface area contributed by atoms with Crippen LogP contribution in [0.1, 0.15) is 34.3 Å². The normalized spacial score (nSPS) is 22.9. The van der Waals surface area contributed by atoms with Crippen molar-refractivity contribution in [3.05, 3.63) is 71.3 Å². The molecule has 0 aromatic heterocycles. The van der Waals surface area contributed by atoms with Crippen molar-refractivity contribution in [2.24, 2.45) is 5.41 Å². The van der Waals surface area contributed by atoms with Crippen molar-refractivity contribution in [2.45, 2.75) is 24.9 Å². The van der Waals surface area contributed by atoms with Crippen LogP contribution in [0, 0.1) is 28.1 Å². The molecule has 2 heterocycles. The van der Waals surface area contributed by atoms with Crippen LogP contribution in [0.15, 0.2) is 54.6 Å². The molecule has 0 N–H and O–H groups in total. The van der Waals surface area contributed by atoms with Crippen molar-refractivity contribution >= 4 is 23.5 Å². The number of carbonyl (C=O) groups excluding carboxylic acids is 2. The molecular formula is C24H19N3O3. The quantitative estimate of drug-likeness (QED) is 0.736. The van der Waals surface area contributed by atoms with Gasteiger partial charge in [-0.2, -0.15) is 10.5 Å². The zero-order chi connectivity index (χ0) is 21.5. The van der Waals surface area contributed by atoms with Gasteiger partial charge in [-0.25, -0.2) is 4.79 Å². The fourth-order valence-electron chi connectivity index (χ4n) is 4.71. The number of esters is 1. The highest BCUT2D eigenvalue weighted by molar-refractivity contribution is 5.92. The number of carbonyl (C=O) groups is 2. The Hall–Kier alpha value is -3.90. The van der Waals surface area contributed by atoms with E-state index < -0.39 is 29.4 Å². The van der Waals surface area contributed by atoms with Gasteiger partial charge in [-0.15, -0.1) is 0 Å². The number of hydrogen-bond donors (Lipinski definition) is 0. The van der Waals surface area contributed by atoms with E-state index in [0.29, 0.717) is 11.1 Å². The second-order valence-corrected chi connectivity index (χ2v) is 7.51. The molecule has 4 rings (SSSR count). The predicted molar refractivity (Wildman–Crippen MR) is 110 cm³/mol. The number of ketones is 1. The van der Waals surface area contributed by atoms with E-state index in [0.717, 1.165) is 11.3 Å². The van der Waals surface area contributed by atoms with Crippen LogP contribution >= 0.6 is 0 Å². The highest BCUT2D eigenvalue weighted by atomic mass is 16.5. The summed E-state index contributed by atoms with van der Waals surface area (Å²) in [5.41, 5.74) is 1.32. The SMILES string of the molecule is COC(=O)c1ccc(C2C(C(C)=O)N3c4ccccc4C=CC3C2(C#N)C#N)cc1. The van der Waals surface area contributed by atoms with Crippen molar-refractivity contribution in [2.75, 3.05) is 12.0 Å². The Kier molecular flexibility index (Phi) is 4.64. The van der Waals surface area contributed by atoms with Crippen LogP contribution in [0.5, 0.6) is 0 Å². The van der Waals surface area contributed by atoms with Gasteiger partial charge in [0.25, 0.3) is 0 Å². The number of benzene rings is 2. The van der Waals surface area contributed by atoms with E-state index in [2.05, 4.69) is 12.1 Å². The van der Waals surface area contributed by atoms with Crippen molar-refractivity contribution in [3.63, 3.8) is 0 Å². The average molecular weight is 397 g/mol. The van der Waals surface area contributed by atoms with E-state index >= 15 is 0 Å². The number of ether oxygens (including phenoxy) is 1. The van der Waals surface area contributed by atoms with E-state index in [1.807, 2.05) is 41.3 Å². The summed E-state index contributed by atoms with van der Waals surface area (Å²) < 4.78 is 4.75. The topological polar surface area (TPSA) is 94.2 Å². The number of nitriles is 2. The maximum atomic E-state index is 12.9. The minimum atomic E-state index is -1.47. The third-order valence-electron chi connectivity index (χ3n) is 6.02. The molecule has 0 spiro atoms. The molecule has 3 atom stereocenters. The number of rotatable bonds is 3. The highest BCUT2D eigenvalue weighted by Gasteiger charge is 2.62. The minimum absolute atomic E-state index is 0.125. The Labute approximate surface area is 174 Å². The van der Waals surface area contributed by atoms with Crippen LogP contribution < -0.4 is 4.90 Å². The molecule has 2 aliphatic rings. The van der Waals surface area contributed by atoms with Crippen molar-refractivity contribution < 1.29 is 14.3 Å². The van der Waals surface area contributed by atoms with Crippen LogP contribution in [0.4, 0.5) is 5.69 Å². The van der Waals surface area contributed by atoms with Gasteiger partial charge in [0.1, 0.15) is 0 Å². The lowest BCUT2D eigenvalue weighted by atomic mass is 9.69.